The fourth-order valence-electron chi connectivity index (χ4n) is 3.14. The zero-order chi connectivity index (χ0) is 18.1. The second kappa shape index (κ2) is 6.44. The Morgan fingerprint density at radius 1 is 0.962 bits per heavy atom. The molecule has 0 aliphatic carbocycles. The number of benzene rings is 3. The number of aromatic nitrogens is 2. The van der Waals surface area contributed by atoms with Gasteiger partial charge in [0.2, 0.25) is 5.43 Å². The number of amides is 1. The Bertz CT molecular complexity index is 1190. The van der Waals surface area contributed by atoms with E-state index in [-0.39, 0.29) is 11.1 Å². The summed E-state index contributed by atoms with van der Waals surface area (Å²) in [6.07, 6.45) is 0. The molecule has 4 rings (SSSR count). The van der Waals surface area contributed by atoms with E-state index >= 15 is 0 Å². The molecule has 1 N–H and O–H groups in total. The average molecular weight is 343 g/mol. The quantitative estimate of drug-likeness (QED) is 0.615. The van der Waals surface area contributed by atoms with Gasteiger partial charge < -0.3 is 5.32 Å². The van der Waals surface area contributed by atoms with Crippen molar-refractivity contribution in [2.45, 2.75) is 13.5 Å². The first-order valence-electron chi connectivity index (χ1n) is 8.48. The number of carbonyl (C=O) groups excluding carboxylic acids is 1. The van der Waals surface area contributed by atoms with Crippen LogP contribution in [0.1, 0.15) is 17.4 Å². The minimum atomic E-state index is -0.501. The third-order valence-electron chi connectivity index (χ3n) is 4.41. The van der Waals surface area contributed by atoms with Crippen molar-refractivity contribution >= 4 is 33.3 Å². The molecule has 5 nitrogen and oxygen atoms in total. The van der Waals surface area contributed by atoms with Crippen molar-refractivity contribution in [3.8, 4) is 0 Å². The number of anilines is 1. The molecular weight excluding hydrogens is 326 g/mol. The molecule has 0 aliphatic heterocycles. The van der Waals surface area contributed by atoms with Crippen molar-refractivity contribution < 1.29 is 4.79 Å². The molecule has 0 aliphatic rings. The van der Waals surface area contributed by atoms with E-state index < -0.39 is 5.91 Å². The number of fused-ring (bicyclic) bond motifs is 2. The first-order valence-corrected chi connectivity index (χ1v) is 8.48. The predicted molar refractivity (Wildman–Crippen MR) is 104 cm³/mol. The maximum absolute atomic E-state index is 12.8. The molecular formula is C21H17N3O2. The molecule has 1 heterocycles. The van der Waals surface area contributed by atoms with E-state index in [1.54, 1.807) is 16.8 Å². The van der Waals surface area contributed by atoms with Gasteiger partial charge >= 0.3 is 0 Å². The van der Waals surface area contributed by atoms with Crippen molar-refractivity contribution in [2.75, 3.05) is 5.32 Å². The smallest absolute Gasteiger partial charge is 0.280 e. The lowest BCUT2D eigenvalue weighted by atomic mass is 10.1. The molecule has 1 aromatic heterocycles. The molecule has 0 bridgehead atoms. The van der Waals surface area contributed by atoms with Crippen LogP contribution in [-0.4, -0.2) is 15.7 Å². The topological polar surface area (TPSA) is 64.0 Å². The number of hydrogen-bond donors (Lipinski definition) is 1. The highest BCUT2D eigenvalue weighted by Gasteiger charge is 2.17. The molecule has 26 heavy (non-hydrogen) atoms. The van der Waals surface area contributed by atoms with E-state index in [9.17, 15) is 9.59 Å². The molecule has 5 heteroatoms. The highest BCUT2D eigenvalue weighted by atomic mass is 16.2. The fourth-order valence-corrected chi connectivity index (χ4v) is 3.14. The maximum Gasteiger partial charge on any atom is 0.280 e. The molecule has 4 aromatic rings. The van der Waals surface area contributed by atoms with E-state index in [0.717, 1.165) is 16.3 Å². The van der Waals surface area contributed by atoms with Gasteiger partial charge in [-0.15, -0.1) is 0 Å². The standard InChI is InChI=1S/C21H17N3O2/c1-2-24-18-13-6-5-11-16(18)20(25)19(23-24)21(26)22-17-12-7-9-14-8-3-4-10-15(14)17/h3-13H,2H2,1H3,(H,22,26). The zero-order valence-corrected chi connectivity index (χ0v) is 14.3. The van der Waals surface area contributed by atoms with E-state index in [2.05, 4.69) is 10.4 Å². The summed E-state index contributed by atoms with van der Waals surface area (Å²) in [6, 6.07) is 20.6. The van der Waals surface area contributed by atoms with Crippen LogP contribution in [0, 0.1) is 0 Å². The molecule has 0 spiro atoms. The summed E-state index contributed by atoms with van der Waals surface area (Å²) in [5.41, 5.74) is 0.925. The first-order chi connectivity index (χ1) is 12.7. The van der Waals surface area contributed by atoms with Crippen LogP contribution in [-0.2, 0) is 6.54 Å². The number of nitrogens with zero attached hydrogens (tertiary/aromatic N) is 2. The summed E-state index contributed by atoms with van der Waals surface area (Å²) < 4.78 is 1.68. The third-order valence-corrected chi connectivity index (χ3v) is 4.41. The third kappa shape index (κ3) is 2.63. The molecule has 0 atom stereocenters. The van der Waals surface area contributed by atoms with Gasteiger partial charge in [-0.3, -0.25) is 14.3 Å². The molecule has 0 saturated heterocycles. The van der Waals surface area contributed by atoms with E-state index in [0.29, 0.717) is 17.6 Å². The van der Waals surface area contributed by atoms with Gasteiger partial charge in [0.15, 0.2) is 5.69 Å². The van der Waals surface area contributed by atoms with Gasteiger partial charge in [-0.05, 0) is 30.5 Å². The van der Waals surface area contributed by atoms with Gasteiger partial charge in [-0.1, -0.05) is 48.5 Å². The Kier molecular flexibility index (Phi) is 3.97. The fraction of sp³-hybridized carbons (Fsp3) is 0.0952. The second-order valence-corrected chi connectivity index (χ2v) is 5.99. The Morgan fingerprint density at radius 2 is 1.65 bits per heavy atom. The molecule has 0 fully saturated rings. The van der Waals surface area contributed by atoms with Gasteiger partial charge in [-0.2, -0.15) is 5.10 Å². The lowest BCUT2D eigenvalue weighted by Crippen LogP contribution is -2.27. The van der Waals surface area contributed by atoms with Gasteiger partial charge in [0, 0.05) is 23.0 Å². The van der Waals surface area contributed by atoms with Crippen LogP contribution in [0.15, 0.2) is 71.5 Å². The van der Waals surface area contributed by atoms with Crippen LogP contribution >= 0.6 is 0 Å². The Morgan fingerprint density at radius 3 is 2.46 bits per heavy atom. The van der Waals surface area contributed by atoms with Gasteiger partial charge in [0.25, 0.3) is 5.91 Å². The van der Waals surface area contributed by atoms with Crippen LogP contribution < -0.4 is 10.7 Å². The average Bonchev–Trinajstić information content (AvgIpc) is 2.69. The predicted octanol–water partition coefficient (Wildman–Crippen LogP) is 3.82. The second-order valence-electron chi connectivity index (χ2n) is 5.99. The SMILES string of the molecule is CCn1nc(C(=O)Nc2cccc3ccccc23)c(=O)c2ccccc21. The number of carbonyl (C=O) groups is 1. The summed E-state index contributed by atoms with van der Waals surface area (Å²) >= 11 is 0. The summed E-state index contributed by atoms with van der Waals surface area (Å²) in [5.74, 6) is -0.501. The molecule has 0 unspecified atom stereocenters. The van der Waals surface area contributed by atoms with Crippen LogP contribution in [0.4, 0.5) is 5.69 Å². The largest absolute Gasteiger partial charge is 0.320 e. The van der Waals surface area contributed by atoms with Gasteiger partial charge in [0.1, 0.15) is 0 Å². The van der Waals surface area contributed by atoms with E-state index in [4.69, 9.17) is 0 Å². The Labute approximate surface area is 149 Å². The normalized spacial score (nSPS) is 11.0. The van der Waals surface area contributed by atoms with E-state index in [1.807, 2.05) is 61.5 Å². The van der Waals surface area contributed by atoms with Crippen LogP contribution in [0.3, 0.4) is 0 Å². The Balaban J connectivity index is 1.81. The molecule has 0 radical (unpaired) electrons. The summed E-state index contributed by atoms with van der Waals surface area (Å²) in [5, 5.41) is 9.56. The van der Waals surface area contributed by atoms with E-state index in [1.165, 1.54) is 0 Å². The molecule has 0 saturated carbocycles. The number of rotatable bonds is 3. The van der Waals surface area contributed by atoms with Crippen molar-refractivity contribution in [1.82, 2.24) is 9.78 Å². The Hall–Kier alpha value is -3.47. The number of hydrogen-bond acceptors (Lipinski definition) is 3. The number of nitrogens with one attached hydrogen (secondary N) is 1. The number of para-hydroxylation sites is 1. The van der Waals surface area contributed by atoms with Crippen LogP contribution in [0.2, 0.25) is 0 Å². The summed E-state index contributed by atoms with van der Waals surface area (Å²) in [4.78, 5) is 25.6. The lowest BCUT2D eigenvalue weighted by Gasteiger charge is -2.11. The summed E-state index contributed by atoms with van der Waals surface area (Å²) in [6.45, 7) is 2.49. The van der Waals surface area contributed by atoms with Crippen molar-refractivity contribution in [2.24, 2.45) is 0 Å². The maximum atomic E-state index is 12.8. The van der Waals surface area contributed by atoms with Crippen LogP contribution in [0.5, 0.6) is 0 Å². The molecule has 1 amide bonds. The van der Waals surface area contributed by atoms with Crippen molar-refractivity contribution in [1.29, 1.82) is 0 Å². The minimum absolute atomic E-state index is 0.0986. The first kappa shape index (κ1) is 16.0. The van der Waals surface area contributed by atoms with Gasteiger partial charge in [-0.25, -0.2) is 0 Å². The zero-order valence-electron chi connectivity index (χ0n) is 14.3. The molecule has 128 valence electrons. The van der Waals surface area contributed by atoms with Crippen molar-refractivity contribution in [3.05, 3.63) is 82.6 Å². The highest BCUT2D eigenvalue weighted by molar-refractivity contribution is 6.09. The summed E-state index contributed by atoms with van der Waals surface area (Å²) in [7, 11) is 0. The van der Waals surface area contributed by atoms with Gasteiger partial charge in [0.05, 0.1) is 5.52 Å². The molecule has 3 aromatic carbocycles. The number of aryl methyl sites for hydroxylation is 1. The minimum Gasteiger partial charge on any atom is -0.320 e. The van der Waals surface area contributed by atoms with Crippen LogP contribution in [0.25, 0.3) is 21.7 Å². The monoisotopic (exact) mass is 343 g/mol. The lowest BCUT2D eigenvalue weighted by molar-refractivity contribution is 0.101. The van der Waals surface area contributed by atoms with Crippen molar-refractivity contribution in [3.63, 3.8) is 0 Å². The highest BCUT2D eigenvalue weighted by Crippen LogP contribution is 2.23.